The molecular formula is C120H196O22. The summed E-state index contributed by atoms with van der Waals surface area (Å²) in [5.41, 5.74) is -3.53. The molecule has 0 aliphatic heterocycles. The second kappa shape index (κ2) is 45.3. The van der Waals surface area contributed by atoms with Crippen LogP contribution in [0.4, 0.5) is 0 Å². The predicted molar refractivity (Wildman–Crippen MR) is 544 cm³/mol. The van der Waals surface area contributed by atoms with Crippen LogP contribution in [0.15, 0.2) is 0 Å². The van der Waals surface area contributed by atoms with E-state index >= 15 is 0 Å². The predicted octanol–water partition coefficient (Wildman–Crippen LogP) is 26.3. The molecule has 808 valence electrons. The number of Topliss-reactive ketones (excluding diaryl/α,β-unsaturated/α-hetero) is 1. The highest BCUT2D eigenvalue weighted by Crippen LogP contribution is 2.70. The number of esters is 7. The Kier molecular flexibility index (Phi) is 35.7. The molecule has 24 aliphatic carbocycles. The SMILES string of the molecule is CCC(C)(C)C(=O)OC(C)OC12CC3CC(CC(C3)C1)C2.CCC(C)(C)C(=O)OC(C)OC1CC2CC1C1C3CCC(C3)C21.CCC(C)(C)C(=O)OC(C)OC1CC2CCC1C2.CCC(C)(C)C(=O)OCOC12CC3CC(CC(C3)C1)C2.CCC(C)(C)C(=O)OCOC12CC3CC(CC(C3)C1=O)C2.CCC(C)(C)C(=O)OCOC1CC2CC1C1C3CCC(C3)C21.CCC(C)(C)C(=O)OCOC1CC2CCC1C2. The number of ether oxygens (including phenoxy) is 14. The first-order valence-electron chi connectivity index (χ1n) is 58.3. The third-order valence-corrected chi connectivity index (χ3v) is 42.7. The number of carbonyl (C=O) groups is 8. The van der Waals surface area contributed by atoms with Gasteiger partial charge in [-0.3, -0.25) is 38.4 Å². The third kappa shape index (κ3) is 25.3. The summed E-state index contributed by atoms with van der Waals surface area (Å²) in [6.07, 6.45) is 50.4. The van der Waals surface area contributed by atoms with Crippen molar-refractivity contribution in [2.75, 3.05) is 27.2 Å². The van der Waals surface area contributed by atoms with Crippen LogP contribution in [-0.4, -0.2) is 135 Å². The van der Waals surface area contributed by atoms with Crippen LogP contribution in [0.2, 0.25) is 0 Å². The first-order chi connectivity index (χ1) is 67.0. The second-order valence-corrected chi connectivity index (χ2v) is 55.2. The van der Waals surface area contributed by atoms with E-state index in [0.29, 0.717) is 42.2 Å². The van der Waals surface area contributed by atoms with Crippen molar-refractivity contribution in [3.8, 4) is 0 Å². The van der Waals surface area contributed by atoms with Crippen LogP contribution >= 0.6 is 0 Å². The third-order valence-electron chi connectivity index (χ3n) is 42.7. The summed E-state index contributed by atoms with van der Waals surface area (Å²) in [5, 5.41) is 0. The molecule has 24 rings (SSSR count). The molecule has 0 radical (unpaired) electrons. The molecule has 24 aliphatic rings. The van der Waals surface area contributed by atoms with E-state index in [0.717, 1.165) is 201 Å². The zero-order chi connectivity index (χ0) is 103. The van der Waals surface area contributed by atoms with Gasteiger partial charge in [-0.2, -0.15) is 0 Å². The van der Waals surface area contributed by atoms with Crippen LogP contribution in [0.3, 0.4) is 0 Å². The number of rotatable bonds is 35. The normalized spacial score (nSPS) is 39.2. The van der Waals surface area contributed by atoms with E-state index in [-0.39, 0.29) is 91.9 Å². The monoisotopic (exact) mass is 1990 g/mol. The van der Waals surface area contributed by atoms with Gasteiger partial charge in [0.1, 0.15) is 5.60 Å². The van der Waals surface area contributed by atoms with E-state index in [9.17, 15) is 38.4 Å². The van der Waals surface area contributed by atoms with Gasteiger partial charge in [0.2, 0.25) is 6.29 Å². The lowest BCUT2D eigenvalue weighted by Crippen LogP contribution is -2.59. The van der Waals surface area contributed by atoms with Gasteiger partial charge in [-0.15, -0.1) is 0 Å². The summed E-state index contributed by atoms with van der Waals surface area (Å²) in [7, 11) is 0. The van der Waals surface area contributed by atoms with Crippen LogP contribution in [-0.2, 0) is 105 Å². The topological polar surface area (TPSA) is 266 Å². The number of hydrogen-bond acceptors (Lipinski definition) is 22. The van der Waals surface area contributed by atoms with Crippen molar-refractivity contribution in [1.29, 1.82) is 0 Å². The molecule has 25 atom stereocenters. The molecule has 0 N–H and O–H groups in total. The number of ketones is 1. The molecule has 142 heavy (non-hydrogen) atoms. The van der Waals surface area contributed by atoms with E-state index in [4.69, 9.17) is 66.3 Å². The lowest BCUT2D eigenvalue weighted by atomic mass is 9.53. The van der Waals surface area contributed by atoms with Crippen molar-refractivity contribution in [1.82, 2.24) is 0 Å². The van der Waals surface area contributed by atoms with Crippen LogP contribution in [0.25, 0.3) is 0 Å². The fourth-order valence-electron chi connectivity index (χ4n) is 32.8. The van der Waals surface area contributed by atoms with Crippen LogP contribution in [0, 0.1) is 186 Å². The molecule has 0 spiro atoms. The zero-order valence-electron chi connectivity index (χ0n) is 93.0. The summed E-state index contributed by atoms with van der Waals surface area (Å²) in [6.45, 7) is 46.9. The Labute approximate surface area is 856 Å². The molecule has 24 saturated carbocycles. The first kappa shape index (κ1) is 112. The molecule has 24 fully saturated rings. The van der Waals surface area contributed by atoms with Gasteiger partial charge in [-0.1, -0.05) is 48.5 Å². The smallest absolute Gasteiger partial charge is 0.313 e. The Morgan fingerprint density at radius 2 is 0.577 bits per heavy atom. The molecule has 0 heterocycles. The Balaban J connectivity index is 0.000000125. The molecular weight excluding hydrogens is 1790 g/mol. The standard InChI is InChI=1S/C20H32O3.C19H30O3.C18H30O3.C17H26O4.C17H28O3.C15H26O3.C14H24O3/c1-5-20(3,4)19(21)23-11(2)22-16-10-14-9-15(16)18-13-7-6-12(8-13)17(14)18;1-4-19(2,3)18(20)22-10-21-15-9-13-8-14(15)17-12-6-5-11(7-12)16(13)17;1-5-17(3,4)16(19)20-12(2)21-18-9-13-6-14(10-18)8-15(7-13)11-18;1-4-16(2,3)15(19)20-10-21-17-8-11-5-12(9-17)7-13(6-11)14(17)18;1-4-16(2,3)15(18)19-11-20-17-8-12-5-13(9-17)7-14(6-12)10-17;1-5-15(3,4)14(16)18-10(2)17-13-9-11-6-7-12(13)8-11;1-4-14(2,3)13(15)17-9-16-12-8-10-5-6-11(12)7-10/h11-18H,5-10H2,1-4H3;11-17H,4-10H2,1-3H3;12-15H,5-11H2,1-4H3;11-13H,4-10H2,1-3H3;12-14H,4-11H2,1-3H3;10-13H,5-9H2,1-4H3;10-12H,4-9H2,1-3H3. The van der Waals surface area contributed by atoms with Gasteiger partial charge < -0.3 is 66.3 Å². The molecule has 25 unspecified atom stereocenters. The Morgan fingerprint density at radius 1 is 0.275 bits per heavy atom. The van der Waals surface area contributed by atoms with Gasteiger partial charge in [-0.25, -0.2) is 0 Å². The largest absolute Gasteiger partial charge is 0.438 e. The molecule has 0 saturated heterocycles. The molecule has 22 heteroatoms. The van der Waals surface area contributed by atoms with Crippen molar-refractivity contribution in [3.05, 3.63) is 0 Å². The summed E-state index contributed by atoms with van der Waals surface area (Å²) in [6, 6.07) is 0. The van der Waals surface area contributed by atoms with Crippen molar-refractivity contribution >= 4 is 47.6 Å². The maximum absolute atomic E-state index is 12.6. The highest BCUT2D eigenvalue weighted by atomic mass is 16.7. The summed E-state index contributed by atoms with van der Waals surface area (Å²) >= 11 is 0. The Bertz CT molecular complexity index is 4180. The van der Waals surface area contributed by atoms with Crippen LogP contribution in [0.1, 0.15) is 436 Å². The van der Waals surface area contributed by atoms with Crippen molar-refractivity contribution in [3.63, 3.8) is 0 Å². The van der Waals surface area contributed by atoms with Crippen LogP contribution in [0.5, 0.6) is 0 Å². The summed E-state index contributed by atoms with van der Waals surface area (Å²) in [5.74, 6) is 20.1. The zero-order valence-corrected chi connectivity index (χ0v) is 93.0. The van der Waals surface area contributed by atoms with E-state index in [1.54, 1.807) is 0 Å². The average Bonchev–Trinajstić information content (AvgIpc) is 1.44. The Hall–Kier alpha value is -4.32. The van der Waals surface area contributed by atoms with E-state index < -0.39 is 62.4 Å². The van der Waals surface area contributed by atoms with Crippen LogP contribution < -0.4 is 0 Å². The lowest BCUT2D eigenvalue weighted by Gasteiger charge is -2.56. The quantitative estimate of drug-likeness (QED) is 0.0247. The van der Waals surface area contributed by atoms with Gasteiger partial charge in [-0.05, 0) is 529 Å². The summed E-state index contributed by atoms with van der Waals surface area (Å²) in [4.78, 5) is 96.6. The fraction of sp³-hybridized carbons (Fsp3) is 0.933. The fourth-order valence-corrected chi connectivity index (χ4v) is 32.8. The van der Waals surface area contributed by atoms with E-state index in [1.807, 2.05) is 166 Å². The van der Waals surface area contributed by atoms with E-state index in [1.165, 1.54) is 193 Å². The van der Waals surface area contributed by atoms with Crippen molar-refractivity contribution in [2.45, 2.75) is 496 Å². The maximum atomic E-state index is 12.6. The average molecular weight is 1990 g/mol. The minimum atomic E-state index is -0.647. The molecule has 24 bridgehead atoms. The minimum absolute atomic E-state index is 0.00477. The molecule has 0 amide bonds. The van der Waals surface area contributed by atoms with Crippen molar-refractivity contribution < 1.29 is 105 Å². The molecule has 0 aromatic heterocycles. The van der Waals surface area contributed by atoms with Gasteiger partial charge in [0.05, 0.1) is 73.5 Å². The summed E-state index contributed by atoms with van der Waals surface area (Å²) < 4.78 is 80.0. The van der Waals surface area contributed by atoms with Gasteiger partial charge >= 0.3 is 41.8 Å². The van der Waals surface area contributed by atoms with Gasteiger partial charge in [0.25, 0.3) is 0 Å². The molecule has 0 aromatic rings. The number of hydrogen-bond donors (Lipinski definition) is 0. The minimum Gasteiger partial charge on any atom is -0.438 e. The van der Waals surface area contributed by atoms with Gasteiger partial charge in [0.15, 0.2) is 45.5 Å². The highest BCUT2D eigenvalue weighted by Gasteiger charge is 2.66. The first-order valence-corrected chi connectivity index (χ1v) is 58.3. The molecule has 22 nitrogen and oxygen atoms in total. The molecule has 0 aromatic carbocycles. The number of fused-ring (bicyclic) bond motifs is 22. The van der Waals surface area contributed by atoms with E-state index in [2.05, 4.69) is 0 Å². The van der Waals surface area contributed by atoms with Gasteiger partial charge in [0, 0.05) is 5.92 Å². The maximum Gasteiger partial charge on any atom is 0.313 e. The highest BCUT2D eigenvalue weighted by molar-refractivity contribution is 5.91. The second-order valence-electron chi connectivity index (χ2n) is 55.2. The van der Waals surface area contributed by atoms with Crippen molar-refractivity contribution in [2.24, 2.45) is 186 Å². The Morgan fingerprint density at radius 3 is 0.944 bits per heavy atom. The lowest BCUT2D eigenvalue weighted by molar-refractivity contribution is -0.248. The number of carbonyl (C=O) groups excluding carboxylic acids is 8.